The molecule has 2 aromatic heterocycles. The number of aromatic nitrogens is 3. The van der Waals surface area contributed by atoms with Crippen molar-refractivity contribution < 1.29 is 9.26 Å². The van der Waals surface area contributed by atoms with Gasteiger partial charge < -0.3 is 9.26 Å². The number of hydrogen-bond donors (Lipinski definition) is 0. The number of likely N-dealkylation sites (tertiary alicyclic amines) is 1. The van der Waals surface area contributed by atoms with E-state index in [0.29, 0.717) is 5.92 Å². The fourth-order valence-electron chi connectivity index (χ4n) is 3.77. The van der Waals surface area contributed by atoms with Gasteiger partial charge in [-0.2, -0.15) is 4.98 Å². The quantitative estimate of drug-likeness (QED) is 0.825. The molecule has 1 saturated carbocycles. The summed E-state index contributed by atoms with van der Waals surface area (Å²) in [7, 11) is 1.72. The van der Waals surface area contributed by atoms with Gasteiger partial charge in [0.05, 0.1) is 18.8 Å². The molecule has 0 unspecified atom stereocenters. The Morgan fingerprint density at radius 3 is 2.84 bits per heavy atom. The fraction of sp³-hybridized carbons (Fsp3) is 0.632. The van der Waals surface area contributed by atoms with Crippen molar-refractivity contribution in [2.75, 3.05) is 13.7 Å². The Morgan fingerprint density at radius 1 is 1.24 bits per heavy atom. The number of rotatable bonds is 5. The van der Waals surface area contributed by atoms with Crippen LogP contribution in [0.1, 0.15) is 72.6 Å². The van der Waals surface area contributed by atoms with Gasteiger partial charge in [0.25, 0.3) is 0 Å². The summed E-state index contributed by atoms with van der Waals surface area (Å²) in [5.74, 6) is 3.14. The summed E-state index contributed by atoms with van der Waals surface area (Å²) in [5, 5.41) is 4.20. The Bertz CT molecular complexity index is 754. The third-order valence-electron chi connectivity index (χ3n) is 5.40. The molecule has 134 valence electrons. The first-order valence-corrected chi connectivity index (χ1v) is 9.24. The van der Waals surface area contributed by atoms with Gasteiger partial charge in [-0.15, -0.1) is 0 Å². The summed E-state index contributed by atoms with van der Waals surface area (Å²) in [6, 6.07) is 0.197. The topological polar surface area (TPSA) is 64.3 Å². The van der Waals surface area contributed by atoms with Gasteiger partial charge in [-0.25, -0.2) is 0 Å². The van der Waals surface area contributed by atoms with Crippen molar-refractivity contribution >= 4 is 0 Å². The minimum atomic E-state index is 0.197. The largest absolute Gasteiger partial charge is 0.496 e. The molecule has 1 aliphatic carbocycles. The van der Waals surface area contributed by atoms with E-state index in [9.17, 15) is 0 Å². The smallest absolute Gasteiger partial charge is 0.244 e. The molecule has 0 spiro atoms. The molecule has 25 heavy (non-hydrogen) atoms. The van der Waals surface area contributed by atoms with Gasteiger partial charge in [-0.3, -0.25) is 9.88 Å². The average molecular weight is 342 g/mol. The predicted molar refractivity (Wildman–Crippen MR) is 93.5 cm³/mol. The van der Waals surface area contributed by atoms with E-state index < -0.39 is 0 Å². The van der Waals surface area contributed by atoms with Crippen LogP contribution in [-0.4, -0.2) is 33.7 Å². The molecule has 2 aliphatic rings. The summed E-state index contributed by atoms with van der Waals surface area (Å²) in [4.78, 5) is 11.8. The summed E-state index contributed by atoms with van der Waals surface area (Å²) < 4.78 is 11.2. The summed E-state index contributed by atoms with van der Waals surface area (Å²) >= 11 is 0. The van der Waals surface area contributed by atoms with Crippen molar-refractivity contribution in [1.82, 2.24) is 20.0 Å². The van der Waals surface area contributed by atoms with E-state index in [1.54, 1.807) is 7.11 Å². The summed E-state index contributed by atoms with van der Waals surface area (Å²) in [6.07, 6.45) is 7.75. The van der Waals surface area contributed by atoms with Crippen LogP contribution in [0, 0.1) is 13.8 Å². The minimum Gasteiger partial charge on any atom is -0.496 e. The maximum Gasteiger partial charge on any atom is 0.244 e. The zero-order valence-corrected chi connectivity index (χ0v) is 15.3. The van der Waals surface area contributed by atoms with E-state index in [2.05, 4.69) is 22.0 Å². The highest BCUT2D eigenvalue weighted by molar-refractivity contribution is 5.41. The monoisotopic (exact) mass is 342 g/mol. The van der Waals surface area contributed by atoms with Crippen LogP contribution in [0.4, 0.5) is 0 Å². The van der Waals surface area contributed by atoms with Crippen molar-refractivity contribution in [3.63, 3.8) is 0 Å². The molecule has 1 aliphatic heterocycles. The molecule has 0 bridgehead atoms. The first-order chi connectivity index (χ1) is 12.2. The average Bonchev–Trinajstić information content (AvgIpc) is 3.36. The standard InChI is InChI=1S/C19H26N4O2/c1-12-10-20-15(13(2)17(12)24-3)11-23-9-5-4-6-16(23)19-21-18(22-25-19)14-7-8-14/h10,14,16H,4-9,11H2,1-3H3/t16-/m1/s1. The predicted octanol–water partition coefficient (Wildman–Crippen LogP) is 3.69. The van der Waals surface area contributed by atoms with Crippen molar-refractivity contribution in [3.8, 4) is 5.75 Å². The Kier molecular flexibility index (Phi) is 4.46. The highest BCUT2D eigenvalue weighted by Crippen LogP contribution is 2.40. The Hall–Kier alpha value is -1.95. The summed E-state index contributed by atoms with van der Waals surface area (Å²) in [6.45, 7) is 5.94. The number of hydrogen-bond acceptors (Lipinski definition) is 6. The third kappa shape index (κ3) is 3.27. The molecule has 0 radical (unpaired) electrons. The molecular formula is C19H26N4O2. The van der Waals surface area contributed by atoms with Gasteiger partial charge in [0.2, 0.25) is 5.89 Å². The molecule has 0 aromatic carbocycles. The van der Waals surface area contributed by atoms with Crippen molar-refractivity contribution in [1.29, 1.82) is 0 Å². The van der Waals surface area contributed by atoms with E-state index in [1.807, 2.05) is 13.1 Å². The number of nitrogens with zero attached hydrogens (tertiary/aromatic N) is 4. The van der Waals surface area contributed by atoms with Crippen LogP contribution in [0.15, 0.2) is 10.7 Å². The van der Waals surface area contributed by atoms with E-state index in [4.69, 9.17) is 14.2 Å². The zero-order valence-electron chi connectivity index (χ0n) is 15.3. The second-order valence-corrected chi connectivity index (χ2v) is 7.29. The zero-order chi connectivity index (χ0) is 17.4. The van der Waals surface area contributed by atoms with Gasteiger partial charge >= 0.3 is 0 Å². The van der Waals surface area contributed by atoms with Crippen LogP contribution in [-0.2, 0) is 6.54 Å². The lowest BCUT2D eigenvalue weighted by Crippen LogP contribution is -2.33. The third-order valence-corrected chi connectivity index (χ3v) is 5.40. The van der Waals surface area contributed by atoms with Crippen LogP contribution in [0.2, 0.25) is 0 Å². The highest BCUT2D eigenvalue weighted by Gasteiger charge is 2.33. The van der Waals surface area contributed by atoms with Crippen molar-refractivity contribution in [3.05, 3.63) is 34.7 Å². The Morgan fingerprint density at radius 2 is 2.08 bits per heavy atom. The van der Waals surface area contributed by atoms with Gasteiger partial charge in [-0.05, 0) is 46.1 Å². The lowest BCUT2D eigenvalue weighted by atomic mass is 10.0. The molecule has 2 fully saturated rings. The molecule has 2 aromatic rings. The Labute approximate surface area is 148 Å². The second kappa shape index (κ2) is 6.75. The van der Waals surface area contributed by atoms with Crippen LogP contribution in [0.3, 0.4) is 0 Å². The fourth-order valence-corrected chi connectivity index (χ4v) is 3.77. The van der Waals surface area contributed by atoms with E-state index in [-0.39, 0.29) is 6.04 Å². The van der Waals surface area contributed by atoms with Crippen LogP contribution < -0.4 is 4.74 Å². The van der Waals surface area contributed by atoms with E-state index >= 15 is 0 Å². The van der Waals surface area contributed by atoms with E-state index in [0.717, 1.165) is 53.8 Å². The molecule has 0 amide bonds. The van der Waals surface area contributed by atoms with Gasteiger partial charge in [0.15, 0.2) is 5.82 Å². The second-order valence-electron chi connectivity index (χ2n) is 7.29. The maximum absolute atomic E-state index is 5.62. The molecule has 0 N–H and O–H groups in total. The molecule has 4 rings (SSSR count). The number of ether oxygens (including phenoxy) is 1. The lowest BCUT2D eigenvalue weighted by molar-refractivity contribution is 0.110. The van der Waals surface area contributed by atoms with Crippen LogP contribution in [0.5, 0.6) is 5.75 Å². The van der Waals surface area contributed by atoms with Gasteiger partial charge in [0, 0.05) is 29.8 Å². The first kappa shape index (κ1) is 16.5. The number of aryl methyl sites for hydroxylation is 1. The maximum atomic E-state index is 5.62. The Balaban J connectivity index is 1.57. The minimum absolute atomic E-state index is 0.197. The van der Waals surface area contributed by atoms with Gasteiger partial charge in [0.1, 0.15) is 5.75 Å². The normalized spacial score (nSPS) is 21.5. The molecule has 6 nitrogen and oxygen atoms in total. The number of methoxy groups -OCH3 is 1. The SMILES string of the molecule is COc1c(C)cnc(CN2CCCC[C@@H]2c2nc(C3CC3)no2)c1C. The molecular weight excluding hydrogens is 316 g/mol. The molecule has 1 atom stereocenters. The highest BCUT2D eigenvalue weighted by atomic mass is 16.5. The first-order valence-electron chi connectivity index (χ1n) is 9.24. The summed E-state index contributed by atoms with van der Waals surface area (Å²) in [5.41, 5.74) is 3.26. The van der Waals surface area contributed by atoms with E-state index in [1.165, 1.54) is 25.7 Å². The molecule has 1 saturated heterocycles. The van der Waals surface area contributed by atoms with Crippen molar-refractivity contribution in [2.45, 2.75) is 64.5 Å². The van der Waals surface area contributed by atoms with Crippen LogP contribution in [0.25, 0.3) is 0 Å². The van der Waals surface area contributed by atoms with Crippen molar-refractivity contribution in [2.24, 2.45) is 0 Å². The number of piperidine rings is 1. The molecule has 6 heteroatoms. The lowest BCUT2D eigenvalue weighted by Gasteiger charge is -2.33. The van der Waals surface area contributed by atoms with Gasteiger partial charge in [-0.1, -0.05) is 11.6 Å². The van der Waals surface area contributed by atoms with Crippen LogP contribution >= 0.6 is 0 Å². The molecule has 3 heterocycles. The number of pyridine rings is 1.